The Morgan fingerprint density at radius 1 is 1.78 bits per heavy atom. The molecule has 4 heteroatoms. The predicted molar refractivity (Wildman–Crippen MR) is 30.4 cm³/mol. The third kappa shape index (κ3) is 0.378. The van der Waals surface area contributed by atoms with Gasteiger partial charge in [-0.1, -0.05) is 0 Å². The number of aryl methyl sites for hydroxylation is 1. The smallest absolute Gasteiger partial charge is 0.381 e. The van der Waals surface area contributed by atoms with Gasteiger partial charge < -0.3 is 4.42 Å². The van der Waals surface area contributed by atoms with Crippen LogP contribution in [0.5, 0.6) is 0 Å². The lowest BCUT2D eigenvalue weighted by molar-refractivity contribution is 0.561. The van der Waals surface area contributed by atoms with E-state index in [0.717, 1.165) is 0 Å². The van der Waals surface area contributed by atoms with Crippen LogP contribution in [0.3, 0.4) is 0 Å². The van der Waals surface area contributed by atoms with Gasteiger partial charge in [-0.05, 0) is 0 Å². The van der Waals surface area contributed by atoms with Crippen LogP contribution in [0.25, 0.3) is 11.4 Å². The van der Waals surface area contributed by atoms with Crippen LogP contribution in [0.2, 0.25) is 0 Å². The van der Waals surface area contributed by atoms with E-state index in [1.807, 2.05) is 0 Å². The van der Waals surface area contributed by atoms with Crippen LogP contribution in [0.15, 0.2) is 15.4 Å². The van der Waals surface area contributed by atoms with Gasteiger partial charge in [0, 0.05) is 7.05 Å². The molecule has 0 fully saturated rings. The van der Waals surface area contributed by atoms with Crippen molar-refractivity contribution < 1.29 is 4.42 Å². The van der Waals surface area contributed by atoms with Gasteiger partial charge in [-0.25, -0.2) is 9.78 Å². The van der Waals surface area contributed by atoms with Crippen molar-refractivity contribution in [2.45, 2.75) is 0 Å². The average molecular weight is 124 g/mol. The van der Waals surface area contributed by atoms with E-state index in [-0.39, 0.29) is 5.63 Å². The highest BCUT2D eigenvalue weighted by Gasteiger charge is 2.08. The summed E-state index contributed by atoms with van der Waals surface area (Å²) >= 11 is 0. The molecule has 0 aliphatic rings. The molecule has 0 saturated carbocycles. The summed E-state index contributed by atoms with van der Waals surface area (Å²) in [5, 5.41) is 0. The van der Waals surface area contributed by atoms with Crippen LogP contribution in [-0.4, -0.2) is 9.55 Å². The third-order valence-electron chi connectivity index (χ3n) is 1.33. The summed E-state index contributed by atoms with van der Waals surface area (Å²) in [4.78, 5) is 14.4. The standard InChI is InChI=1S/C5H4N2O2/c1-7-3-2-6-4(7)5(8)9-3/h2H,1H3. The number of aromatic nitrogens is 2. The van der Waals surface area contributed by atoms with Gasteiger partial charge in [0.2, 0.25) is 11.4 Å². The second kappa shape index (κ2) is 1.15. The molecule has 0 amide bonds. The van der Waals surface area contributed by atoms with Crippen LogP contribution in [0.1, 0.15) is 0 Å². The van der Waals surface area contributed by atoms with Crippen LogP contribution in [-0.2, 0) is 7.05 Å². The molecular weight excluding hydrogens is 120 g/mol. The number of fused-ring (bicyclic) bond motifs is 2. The Hall–Kier alpha value is -1.32. The highest BCUT2D eigenvalue weighted by molar-refractivity contribution is 5.49. The summed E-state index contributed by atoms with van der Waals surface area (Å²) in [6.45, 7) is 0. The average Bonchev–Trinajstić information content (AvgIpc) is 2.25. The van der Waals surface area contributed by atoms with E-state index in [9.17, 15) is 4.79 Å². The molecular formula is C5H4N2O2. The molecule has 2 rings (SSSR count). The van der Waals surface area contributed by atoms with Crippen molar-refractivity contribution in [3.8, 4) is 0 Å². The minimum atomic E-state index is -0.352. The molecule has 2 bridgehead atoms. The fourth-order valence-electron chi connectivity index (χ4n) is 0.819. The Balaban J connectivity index is 3.18. The zero-order chi connectivity index (χ0) is 6.43. The second-order valence-electron chi connectivity index (χ2n) is 1.87. The van der Waals surface area contributed by atoms with Gasteiger partial charge in [-0.15, -0.1) is 0 Å². The van der Waals surface area contributed by atoms with Gasteiger partial charge in [-0.3, -0.25) is 4.57 Å². The van der Waals surface area contributed by atoms with Crippen molar-refractivity contribution in [1.29, 1.82) is 0 Å². The number of nitrogens with zero attached hydrogens (tertiary/aromatic N) is 2. The summed E-state index contributed by atoms with van der Waals surface area (Å²) in [7, 11) is 1.74. The SMILES string of the molecule is Cn1c2cnc1c(=O)o2. The summed E-state index contributed by atoms with van der Waals surface area (Å²) < 4.78 is 6.30. The lowest BCUT2D eigenvalue weighted by atomic mass is 10.8. The highest BCUT2D eigenvalue weighted by Crippen LogP contribution is 2.03. The quantitative estimate of drug-likeness (QED) is 0.495. The van der Waals surface area contributed by atoms with Crippen molar-refractivity contribution >= 4 is 11.4 Å². The summed E-state index contributed by atoms with van der Waals surface area (Å²) in [5.41, 5.74) is 0.551. The fourth-order valence-corrected chi connectivity index (χ4v) is 0.819. The molecule has 2 aromatic rings. The lowest BCUT2D eigenvalue weighted by Crippen LogP contribution is -1.96. The Morgan fingerprint density at radius 3 is 2.78 bits per heavy atom. The van der Waals surface area contributed by atoms with Gasteiger partial charge in [0.15, 0.2) is 0 Å². The normalized spacial score (nSPS) is 11.2. The van der Waals surface area contributed by atoms with Crippen molar-refractivity contribution in [3.63, 3.8) is 0 Å². The van der Waals surface area contributed by atoms with E-state index in [1.54, 1.807) is 11.6 Å². The van der Waals surface area contributed by atoms with E-state index in [0.29, 0.717) is 11.4 Å². The van der Waals surface area contributed by atoms with E-state index in [4.69, 9.17) is 0 Å². The largest absolute Gasteiger partial charge is 0.402 e. The third-order valence-corrected chi connectivity index (χ3v) is 1.33. The van der Waals surface area contributed by atoms with E-state index >= 15 is 0 Å². The number of imidazole rings is 1. The number of hydrogen-bond acceptors (Lipinski definition) is 3. The molecule has 9 heavy (non-hydrogen) atoms. The molecule has 46 valence electrons. The van der Waals surface area contributed by atoms with E-state index < -0.39 is 0 Å². The Kier molecular flexibility index (Phi) is 0.582. The van der Waals surface area contributed by atoms with Crippen LogP contribution in [0, 0.1) is 0 Å². The molecule has 0 aromatic carbocycles. The van der Waals surface area contributed by atoms with E-state index in [1.165, 1.54) is 6.20 Å². The first kappa shape index (κ1) is 4.55. The minimum absolute atomic E-state index is 0.352. The Bertz CT molecular complexity index is 372. The maximum Gasteiger partial charge on any atom is 0.381 e. The van der Waals surface area contributed by atoms with Crippen molar-refractivity contribution in [2.24, 2.45) is 7.05 Å². The molecule has 2 heterocycles. The maximum atomic E-state index is 10.6. The van der Waals surface area contributed by atoms with Crippen molar-refractivity contribution in [1.82, 2.24) is 9.55 Å². The zero-order valence-corrected chi connectivity index (χ0v) is 4.79. The maximum absolute atomic E-state index is 10.6. The first-order valence-corrected chi connectivity index (χ1v) is 2.53. The van der Waals surface area contributed by atoms with Crippen LogP contribution in [0.4, 0.5) is 0 Å². The van der Waals surface area contributed by atoms with Gasteiger partial charge >= 0.3 is 5.63 Å². The molecule has 0 aliphatic heterocycles. The topological polar surface area (TPSA) is 48.0 Å². The van der Waals surface area contributed by atoms with Crippen molar-refractivity contribution in [2.75, 3.05) is 0 Å². The van der Waals surface area contributed by atoms with Gasteiger partial charge in [0.05, 0.1) is 6.20 Å². The lowest BCUT2D eigenvalue weighted by Gasteiger charge is -1.77. The molecule has 0 saturated heterocycles. The Morgan fingerprint density at radius 2 is 2.56 bits per heavy atom. The first-order valence-electron chi connectivity index (χ1n) is 2.53. The van der Waals surface area contributed by atoms with E-state index in [2.05, 4.69) is 9.40 Å². The number of hydrogen-bond donors (Lipinski definition) is 0. The number of rotatable bonds is 0. The first-order chi connectivity index (χ1) is 4.29. The molecule has 0 aliphatic carbocycles. The fraction of sp³-hybridized carbons (Fsp3) is 0.200. The zero-order valence-electron chi connectivity index (χ0n) is 4.79. The van der Waals surface area contributed by atoms with Crippen LogP contribution >= 0.6 is 0 Å². The molecule has 4 nitrogen and oxygen atoms in total. The molecule has 2 aromatic heterocycles. The summed E-state index contributed by atoms with van der Waals surface area (Å²) in [6.07, 6.45) is 1.52. The molecule has 0 atom stereocenters. The van der Waals surface area contributed by atoms with Gasteiger partial charge in [0.1, 0.15) is 0 Å². The van der Waals surface area contributed by atoms with Crippen molar-refractivity contribution in [3.05, 3.63) is 16.6 Å². The van der Waals surface area contributed by atoms with Gasteiger partial charge in [0.25, 0.3) is 0 Å². The molecule has 0 N–H and O–H groups in total. The van der Waals surface area contributed by atoms with Gasteiger partial charge in [-0.2, -0.15) is 0 Å². The summed E-state index contributed by atoms with van der Waals surface area (Å²) in [5.74, 6) is 0. The minimum Gasteiger partial charge on any atom is -0.402 e. The second-order valence-corrected chi connectivity index (χ2v) is 1.87. The predicted octanol–water partition coefficient (Wildman–Crippen LogP) is -0.0357. The molecule has 0 radical (unpaired) electrons. The molecule has 0 spiro atoms. The monoisotopic (exact) mass is 124 g/mol. The summed E-state index contributed by atoms with van der Waals surface area (Å²) in [6, 6.07) is 0. The molecule has 0 unspecified atom stereocenters. The Labute approximate surface area is 50.1 Å². The number of oxazole rings is 1. The highest BCUT2D eigenvalue weighted by atomic mass is 16.4. The van der Waals surface area contributed by atoms with Crippen LogP contribution < -0.4 is 5.63 Å².